The lowest BCUT2D eigenvalue weighted by Gasteiger charge is -2.09. The largest absolute Gasteiger partial charge is 0.464 e. The lowest BCUT2D eigenvalue weighted by Crippen LogP contribution is -2.15. The molecule has 0 radical (unpaired) electrons. The smallest absolute Gasteiger partial charge is 0.396 e. The number of rotatable bonds is 3. The van der Waals surface area contributed by atoms with Crippen LogP contribution in [0.25, 0.3) is 10.3 Å². The van der Waals surface area contributed by atoms with Gasteiger partial charge in [-0.3, -0.25) is 0 Å². The van der Waals surface area contributed by atoms with Gasteiger partial charge in [0.05, 0.1) is 11.3 Å². The Morgan fingerprint density at radius 3 is 3.06 bits per heavy atom. The minimum absolute atomic E-state index is 0.200. The zero-order valence-electron chi connectivity index (χ0n) is 9.00. The molecule has 1 heterocycles. The Balaban J connectivity index is 2.35. The van der Waals surface area contributed by atoms with E-state index in [0.29, 0.717) is 15.8 Å². The predicted molar refractivity (Wildman–Crippen MR) is 62.0 cm³/mol. The minimum atomic E-state index is -1.36. The first-order valence-corrected chi connectivity index (χ1v) is 5.81. The number of aliphatic hydroxyl groups excluding tert-OH is 1. The van der Waals surface area contributed by atoms with E-state index in [9.17, 15) is 14.7 Å². The van der Waals surface area contributed by atoms with Crippen LogP contribution in [0.15, 0.2) is 27.4 Å². The van der Waals surface area contributed by atoms with E-state index >= 15 is 0 Å². The zero-order chi connectivity index (χ0) is 12.4. The van der Waals surface area contributed by atoms with Crippen molar-refractivity contribution in [3.8, 4) is 0 Å². The van der Waals surface area contributed by atoms with Crippen LogP contribution >= 0.6 is 11.3 Å². The summed E-state index contributed by atoms with van der Waals surface area (Å²) in [6.07, 6.45) is -1.36. The van der Waals surface area contributed by atoms with Crippen LogP contribution in [-0.4, -0.2) is 17.7 Å². The second-order valence-electron chi connectivity index (χ2n) is 3.31. The highest BCUT2D eigenvalue weighted by Gasteiger charge is 2.19. The molecule has 1 N–H and O–H groups in total. The minimum Gasteiger partial charge on any atom is -0.464 e. The zero-order valence-corrected chi connectivity index (χ0v) is 9.82. The second-order valence-corrected chi connectivity index (χ2v) is 4.29. The molecule has 1 unspecified atom stereocenters. The SMILES string of the molecule is CCOC(=O)C(O)c1ccc2sc(=O)oc2c1. The number of benzene rings is 1. The Kier molecular flexibility index (Phi) is 3.26. The Hall–Kier alpha value is -1.66. The van der Waals surface area contributed by atoms with Gasteiger partial charge in [-0.15, -0.1) is 0 Å². The van der Waals surface area contributed by atoms with Gasteiger partial charge >= 0.3 is 10.9 Å². The summed E-state index contributed by atoms with van der Waals surface area (Å²) in [5.41, 5.74) is 0.707. The van der Waals surface area contributed by atoms with Gasteiger partial charge in [0.15, 0.2) is 6.10 Å². The molecule has 0 aliphatic rings. The molecule has 90 valence electrons. The van der Waals surface area contributed by atoms with Crippen molar-refractivity contribution < 1.29 is 19.1 Å². The lowest BCUT2D eigenvalue weighted by molar-refractivity contribution is -0.153. The first-order valence-electron chi connectivity index (χ1n) is 5.00. The normalized spacial score (nSPS) is 12.6. The average molecular weight is 254 g/mol. The maximum absolute atomic E-state index is 11.3. The Morgan fingerprint density at radius 2 is 2.35 bits per heavy atom. The molecule has 0 fully saturated rings. The summed E-state index contributed by atoms with van der Waals surface area (Å²) < 4.78 is 10.3. The molecule has 1 aromatic carbocycles. The molecule has 0 spiro atoms. The third-order valence-corrected chi connectivity index (χ3v) is 2.99. The first kappa shape index (κ1) is 11.8. The Morgan fingerprint density at radius 1 is 1.59 bits per heavy atom. The molecule has 0 aliphatic heterocycles. The van der Waals surface area contributed by atoms with Crippen molar-refractivity contribution in [3.05, 3.63) is 33.5 Å². The molecular formula is C11H10O5S. The van der Waals surface area contributed by atoms with Gasteiger partial charge in [-0.1, -0.05) is 17.4 Å². The molecular weight excluding hydrogens is 244 g/mol. The Bertz CT molecular complexity index is 597. The number of carbonyl (C=O) groups is 1. The fraction of sp³-hybridized carbons (Fsp3) is 0.273. The molecule has 0 aliphatic carbocycles. The molecule has 1 atom stereocenters. The van der Waals surface area contributed by atoms with Gasteiger partial charge in [0.25, 0.3) is 0 Å². The molecule has 0 saturated carbocycles. The quantitative estimate of drug-likeness (QED) is 0.839. The standard InChI is InChI=1S/C11H10O5S/c1-2-15-10(13)9(12)6-3-4-8-7(5-6)16-11(14)17-8/h3-5,9,12H,2H2,1H3. The van der Waals surface area contributed by atoms with Gasteiger partial charge in [0, 0.05) is 0 Å². The third kappa shape index (κ3) is 2.37. The molecule has 0 bridgehead atoms. The molecule has 2 aromatic rings. The monoisotopic (exact) mass is 254 g/mol. The van der Waals surface area contributed by atoms with Gasteiger partial charge < -0.3 is 14.3 Å². The molecule has 17 heavy (non-hydrogen) atoms. The number of fused-ring (bicyclic) bond motifs is 1. The van der Waals surface area contributed by atoms with E-state index < -0.39 is 17.0 Å². The highest BCUT2D eigenvalue weighted by Crippen LogP contribution is 2.22. The van der Waals surface area contributed by atoms with Crippen LogP contribution in [0.5, 0.6) is 0 Å². The van der Waals surface area contributed by atoms with Crippen LogP contribution in [0.2, 0.25) is 0 Å². The molecule has 2 rings (SSSR count). The molecule has 0 saturated heterocycles. The summed E-state index contributed by atoms with van der Waals surface area (Å²) in [7, 11) is 0. The van der Waals surface area contributed by atoms with Crippen molar-refractivity contribution in [2.45, 2.75) is 13.0 Å². The van der Waals surface area contributed by atoms with E-state index in [1.807, 2.05) is 0 Å². The fourth-order valence-corrected chi connectivity index (χ4v) is 2.06. The first-order chi connectivity index (χ1) is 8.11. The summed E-state index contributed by atoms with van der Waals surface area (Å²) in [5.74, 6) is -0.718. The van der Waals surface area contributed by atoms with Crippen LogP contribution in [0.4, 0.5) is 0 Å². The fourth-order valence-electron chi connectivity index (χ4n) is 1.42. The third-order valence-electron chi connectivity index (χ3n) is 2.18. The van der Waals surface area contributed by atoms with Crippen LogP contribution in [0, 0.1) is 0 Å². The highest BCUT2D eigenvalue weighted by molar-refractivity contribution is 7.16. The number of esters is 1. The van der Waals surface area contributed by atoms with Crippen molar-refractivity contribution in [2.24, 2.45) is 0 Å². The van der Waals surface area contributed by atoms with Crippen LogP contribution < -0.4 is 4.94 Å². The van der Waals surface area contributed by atoms with Crippen molar-refractivity contribution >= 4 is 27.6 Å². The predicted octanol–water partition coefficient (Wildman–Crippen LogP) is 1.45. The van der Waals surface area contributed by atoms with Gasteiger partial charge in [0.2, 0.25) is 0 Å². The number of aliphatic hydroxyl groups is 1. The Labute approximate surface area is 100 Å². The van der Waals surface area contributed by atoms with Crippen molar-refractivity contribution in [3.63, 3.8) is 0 Å². The molecule has 6 heteroatoms. The summed E-state index contributed by atoms with van der Waals surface area (Å²) in [6.45, 7) is 1.86. The van der Waals surface area contributed by atoms with E-state index in [2.05, 4.69) is 0 Å². The maximum atomic E-state index is 11.3. The maximum Gasteiger partial charge on any atom is 0.396 e. The summed E-state index contributed by atoms with van der Waals surface area (Å²) in [5, 5.41) is 9.70. The number of hydrogen-bond donors (Lipinski definition) is 1. The molecule has 0 amide bonds. The van der Waals surface area contributed by atoms with E-state index in [1.54, 1.807) is 19.1 Å². The van der Waals surface area contributed by atoms with Crippen LogP contribution in [0.3, 0.4) is 0 Å². The number of hydrogen-bond acceptors (Lipinski definition) is 6. The molecule has 1 aromatic heterocycles. The van der Waals surface area contributed by atoms with Gasteiger partial charge in [-0.05, 0) is 24.6 Å². The van der Waals surface area contributed by atoms with Crippen molar-refractivity contribution in [1.29, 1.82) is 0 Å². The van der Waals surface area contributed by atoms with Crippen LogP contribution in [0.1, 0.15) is 18.6 Å². The van der Waals surface area contributed by atoms with Gasteiger partial charge in [-0.25, -0.2) is 9.59 Å². The second kappa shape index (κ2) is 4.68. The summed E-state index contributed by atoms with van der Waals surface area (Å²) >= 11 is 0.971. The molecule has 5 nitrogen and oxygen atoms in total. The van der Waals surface area contributed by atoms with E-state index in [1.165, 1.54) is 6.07 Å². The van der Waals surface area contributed by atoms with Crippen LogP contribution in [-0.2, 0) is 9.53 Å². The highest BCUT2D eigenvalue weighted by atomic mass is 32.1. The summed E-state index contributed by atoms with van der Waals surface area (Å²) in [4.78, 5) is 21.9. The lowest BCUT2D eigenvalue weighted by atomic mass is 10.1. The summed E-state index contributed by atoms with van der Waals surface area (Å²) in [6, 6.07) is 4.66. The average Bonchev–Trinajstić information content (AvgIpc) is 2.67. The van der Waals surface area contributed by atoms with Crippen molar-refractivity contribution in [1.82, 2.24) is 0 Å². The topological polar surface area (TPSA) is 76.7 Å². The number of ether oxygens (including phenoxy) is 1. The van der Waals surface area contributed by atoms with E-state index in [-0.39, 0.29) is 6.61 Å². The number of carbonyl (C=O) groups excluding carboxylic acids is 1. The van der Waals surface area contributed by atoms with Gasteiger partial charge in [0.1, 0.15) is 5.58 Å². The van der Waals surface area contributed by atoms with Crippen molar-refractivity contribution in [2.75, 3.05) is 6.61 Å². The van der Waals surface area contributed by atoms with E-state index in [0.717, 1.165) is 11.3 Å². The van der Waals surface area contributed by atoms with E-state index in [4.69, 9.17) is 9.15 Å². The van der Waals surface area contributed by atoms with Gasteiger partial charge in [-0.2, -0.15) is 0 Å².